The van der Waals surface area contributed by atoms with E-state index < -0.39 is 0 Å². The molecule has 1 heterocycles. The lowest BCUT2D eigenvalue weighted by molar-refractivity contribution is 0.505. The summed E-state index contributed by atoms with van der Waals surface area (Å²) in [6, 6.07) is 10.8. The molecule has 3 heteroatoms. The molecule has 0 fully saturated rings. The number of nitrogens with one attached hydrogen (secondary N) is 1. The molecule has 0 saturated carbocycles. The van der Waals surface area contributed by atoms with E-state index in [-0.39, 0.29) is 11.9 Å². The molecule has 0 aliphatic heterocycles. The maximum absolute atomic E-state index is 13.9. The van der Waals surface area contributed by atoms with Crippen LogP contribution in [0.3, 0.4) is 0 Å². The maximum Gasteiger partial charge on any atom is 0.127 e. The zero-order chi connectivity index (χ0) is 13.7. The van der Waals surface area contributed by atoms with Gasteiger partial charge in [-0.2, -0.15) is 0 Å². The van der Waals surface area contributed by atoms with Crippen LogP contribution in [-0.4, -0.2) is 11.5 Å². The number of likely N-dealkylation sites (N-methyl/N-ethyl adjacent to an activating group) is 1. The molecule has 1 N–H and O–H groups in total. The zero-order valence-electron chi connectivity index (χ0n) is 11.4. The van der Waals surface area contributed by atoms with Gasteiger partial charge in [0.05, 0.1) is 0 Å². The predicted octanol–water partition coefficient (Wildman–Crippen LogP) is 3.42. The van der Waals surface area contributed by atoms with E-state index in [4.69, 9.17) is 0 Å². The largest absolute Gasteiger partial charge is 0.310 e. The van der Waals surface area contributed by atoms with E-state index >= 15 is 0 Å². The second kappa shape index (κ2) is 6.43. The molecule has 1 aromatic heterocycles. The fraction of sp³-hybridized carbons (Fsp3) is 0.312. The molecule has 19 heavy (non-hydrogen) atoms. The lowest BCUT2D eigenvalue weighted by Crippen LogP contribution is -2.24. The number of rotatable bonds is 5. The summed E-state index contributed by atoms with van der Waals surface area (Å²) in [6.45, 7) is 4.86. The van der Waals surface area contributed by atoms with Crippen molar-refractivity contribution in [1.82, 2.24) is 10.3 Å². The molecule has 1 atom stereocenters. The Labute approximate surface area is 113 Å². The van der Waals surface area contributed by atoms with Crippen molar-refractivity contribution in [1.29, 1.82) is 0 Å². The Morgan fingerprint density at radius 3 is 2.68 bits per heavy atom. The third-order valence-corrected chi connectivity index (χ3v) is 3.25. The van der Waals surface area contributed by atoms with Gasteiger partial charge in [0.15, 0.2) is 0 Å². The van der Waals surface area contributed by atoms with Crippen molar-refractivity contribution >= 4 is 0 Å². The van der Waals surface area contributed by atoms with Crippen molar-refractivity contribution in [3.63, 3.8) is 0 Å². The molecule has 0 spiro atoms. The fourth-order valence-corrected chi connectivity index (χ4v) is 2.22. The first-order valence-electron chi connectivity index (χ1n) is 6.60. The number of hydrogen-bond donors (Lipinski definition) is 1. The second-order valence-electron chi connectivity index (χ2n) is 4.60. The molecule has 100 valence electrons. The van der Waals surface area contributed by atoms with Crippen LogP contribution >= 0.6 is 0 Å². The highest BCUT2D eigenvalue weighted by Crippen LogP contribution is 2.21. The first kappa shape index (κ1) is 13.7. The molecule has 0 bridgehead atoms. The van der Waals surface area contributed by atoms with Crippen molar-refractivity contribution in [2.75, 3.05) is 6.54 Å². The number of pyridine rings is 1. The number of nitrogens with zero attached hydrogens (tertiary/aromatic N) is 1. The summed E-state index contributed by atoms with van der Waals surface area (Å²) >= 11 is 0. The Kier molecular flexibility index (Phi) is 4.63. The molecule has 1 aromatic carbocycles. The number of aromatic nitrogens is 1. The smallest absolute Gasteiger partial charge is 0.127 e. The highest BCUT2D eigenvalue weighted by atomic mass is 19.1. The van der Waals surface area contributed by atoms with Gasteiger partial charge < -0.3 is 5.32 Å². The first-order valence-corrected chi connectivity index (χ1v) is 6.60. The van der Waals surface area contributed by atoms with Gasteiger partial charge in [-0.25, -0.2) is 4.39 Å². The Hall–Kier alpha value is -1.74. The van der Waals surface area contributed by atoms with Crippen LogP contribution < -0.4 is 5.32 Å². The van der Waals surface area contributed by atoms with Gasteiger partial charge in [-0.15, -0.1) is 0 Å². The number of aryl methyl sites for hydroxylation is 1. The van der Waals surface area contributed by atoms with E-state index in [0.717, 1.165) is 17.8 Å². The van der Waals surface area contributed by atoms with Gasteiger partial charge in [0.2, 0.25) is 0 Å². The average molecular weight is 258 g/mol. The number of benzene rings is 1. The predicted molar refractivity (Wildman–Crippen MR) is 75.5 cm³/mol. The van der Waals surface area contributed by atoms with Crippen LogP contribution in [-0.2, 0) is 6.42 Å². The normalized spacial score (nSPS) is 12.4. The highest BCUT2D eigenvalue weighted by molar-refractivity contribution is 5.25. The summed E-state index contributed by atoms with van der Waals surface area (Å²) < 4.78 is 13.9. The van der Waals surface area contributed by atoms with E-state index in [1.54, 1.807) is 12.3 Å². The van der Waals surface area contributed by atoms with Gasteiger partial charge in [0.1, 0.15) is 5.82 Å². The van der Waals surface area contributed by atoms with Crippen LogP contribution in [0.5, 0.6) is 0 Å². The minimum absolute atomic E-state index is 0.0419. The van der Waals surface area contributed by atoms with E-state index in [1.807, 2.05) is 38.1 Å². The standard InChI is InChI=1S/C16H19FN2/c1-3-18-16(13-8-4-5-9-14(13)17)11-15-12(2)7-6-10-19-15/h4-10,16,18H,3,11H2,1-2H3. The van der Waals surface area contributed by atoms with E-state index in [0.29, 0.717) is 12.0 Å². The molecule has 0 radical (unpaired) electrons. The average Bonchev–Trinajstić information content (AvgIpc) is 2.41. The molecule has 0 amide bonds. The van der Waals surface area contributed by atoms with Crippen molar-refractivity contribution in [3.8, 4) is 0 Å². The number of halogens is 1. The second-order valence-corrected chi connectivity index (χ2v) is 4.60. The Morgan fingerprint density at radius 1 is 1.21 bits per heavy atom. The summed E-state index contributed by atoms with van der Waals surface area (Å²) in [4.78, 5) is 4.39. The van der Waals surface area contributed by atoms with E-state index in [1.165, 1.54) is 6.07 Å². The third kappa shape index (κ3) is 3.38. The molecule has 1 unspecified atom stereocenters. The van der Waals surface area contributed by atoms with Crippen LogP contribution in [0.2, 0.25) is 0 Å². The maximum atomic E-state index is 13.9. The monoisotopic (exact) mass is 258 g/mol. The molecule has 2 rings (SSSR count). The van der Waals surface area contributed by atoms with Gasteiger partial charge in [-0.05, 0) is 31.2 Å². The van der Waals surface area contributed by atoms with Crippen molar-refractivity contribution in [3.05, 3.63) is 65.2 Å². The molecular formula is C16H19FN2. The van der Waals surface area contributed by atoms with Crippen LogP contribution in [0.1, 0.15) is 29.8 Å². The minimum Gasteiger partial charge on any atom is -0.310 e. The highest BCUT2D eigenvalue weighted by Gasteiger charge is 2.16. The van der Waals surface area contributed by atoms with E-state index in [2.05, 4.69) is 10.3 Å². The van der Waals surface area contributed by atoms with Gasteiger partial charge >= 0.3 is 0 Å². The Balaban J connectivity index is 2.27. The van der Waals surface area contributed by atoms with Crippen LogP contribution in [0.25, 0.3) is 0 Å². The van der Waals surface area contributed by atoms with Crippen molar-refractivity contribution < 1.29 is 4.39 Å². The summed E-state index contributed by atoms with van der Waals surface area (Å²) in [5.74, 6) is -0.165. The minimum atomic E-state index is -0.165. The molecule has 2 nitrogen and oxygen atoms in total. The van der Waals surface area contributed by atoms with Gasteiger partial charge in [0.25, 0.3) is 0 Å². The summed E-state index contributed by atoms with van der Waals surface area (Å²) in [5.41, 5.74) is 2.85. The van der Waals surface area contributed by atoms with Gasteiger partial charge in [0, 0.05) is 29.9 Å². The Morgan fingerprint density at radius 2 is 2.00 bits per heavy atom. The fourth-order valence-electron chi connectivity index (χ4n) is 2.22. The summed E-state index contributed by atoms with van der Waals surface area (Å²) in [5, 5.41) is 3.34. The molecule has 0 aliphatic carbocycles. The SMILES string of the molecule is CCNC(Cc1ncccc1C)c1ccccc1F. The molecule has 0 saturated heterocycles. The van der Waals surface area contributed by atoms with E-state index in [9.17, 15) is 4.39 Å². The number of hydrogen-bond acceptors (Lipinski definition) is 2. The molecule has 0 aliphatic rings. The van der Waals surface area contributed by atoms with Crippen molar-refractivity contribution in [2.24, 2.45) is 0 Å². The van der Waals surface area contributed by atoms with Gasteiger partial charge in [-0.1, -0.05) is 31.2 Å². The van der Waals surface area contributed by atoms with Crippen LogP contribution in [0, 0.1) is 12.7 Å². The summed E-state index contributed by atoms with van der Waals surface area (Å²) in [6.07, 6.45) is 2.48. The molecular weight excluding hydrogens is 239 g/mol. The Bertz CT molecular complexity index is 540. The lowest BCUT2D eigenvalue weighted by atomic mass is 9.99. The van der Waals surface area contributed by atoms with Crippen LogP contribution in [0.15, 0.2) is 42.6 Å². The van der Waals surface area contributed by atoms with Crippen LogP contribution in [0.4, 0.5) is 4.39 Å². The molecule has 2 aromatic rings. The van der Waals surface area contributed by atoms with Gasteiger partial charge in [-0.3, -0.25) is 4.98 Å². The third-order valence-electron chi connectivity index (χ3n) is 3.25. The van der Waals surface area contributed by atoms with Crippen molar-refractivity contribution in [2.45, 2.75) is 26.3 Å². The zero-order valence-corrected chi connectivity index (χ0v) is 11.4. The quantitative estimate of drug-likeness (QED) is 0.888. The topological polar surface area (TPSA) is 24.9 Å². The first-order chi connectivity index (χ1) is 9.22. The summed E-state index contributed by atoms with van der Waals surface area (Å²) in [7, 11) is 0. The lowest BCUT2D eigenvalue weighted by Gasteiger charge is -2.19.